The normalized spacial score (nSPS) is 21.9. The molecule has 0 spiro atoms. The number of rotatable bonds is 6. The van der Waals surface area contributed by atoms with Crippen LogP contribution in [0.5, 0.6) is 0 Å². The van der Waals surface area contributed by atoms with Crippen molar-refractivity contribution in [2.24, 2.45) is 0 Å². The van der Waals surface area contributed by atoms with Gasteiger partial charge in [-0.1, -0.05) is 6.92 Å². The van der Waals surface area contributed by atoms with Crippen molar-refractivity contribution in [2.45, 2.75) is 30.8 Å². The monoisotopic (exact) mass is 381 g/mol. The minimum atomic E-state index is -3.59. The molecule has 8 heteroatoms. The van der Waals surface area contributed by atoms with E-state index in [2.05, 4.69) is 16.5 Å². The highest BCUT2D eigenvalue weighted by molar-refractivity contribution is 7.89. The number of likely N-dealkylation sites (N-methyl/N-ethyl adjacent to an activating group) is 1. The van der Waals surface area contributed by atoms with Gasteiger partial charge in [-0.05, 0) is 43.7 Å². The zero-order valence-corrected chi connectivity index (χ0v) is 16.0. The molecule has 0 saturated carbocycles. The molecule has 1 unspecified atom stereocenters. The van der Waals surface area contributed by atoms with E-state index < -0.39 is 10.0 Å². The largest absolute Gasteiger partial charge is 0.377 e. The Balaban J connectivity index is 1.59. The van der Waals surface area contributed by atoms with Crippen LogP contribution in [0.25, 0.3) is 0 Å². The number of carbonyl (C=O) groups excluding carboxylic acids is 1. The number of carbonyl (C=O) groups is 1. The smallest absolute Gasteiger partial charge is 0.253 e. The number of benzene rings is 1. The zero-order chi connectivity index (χ0) is 18.6. The maximum Gasteiger partial charge on any atom is 0.253 e. The van der Waals surface area contributed by atoms with Crippen LogP contribution in [-0.4, -0.2) is 76.1 Å². The van der Waals surface area contributed by atoms with Gasteiger partial charge >= 0.3 is 0 Å². The van der Waals surface area contributed by atoms with Crippen LogP contribution >= 0.6 is 0 Å². The van der Waals surface area contributed by atoms with Gasteiger partial charge in [-0.2, -0.15) is 0 Å². The van der Waals surface area contributed by atoms with Crippen LogP contribution in [0, 0.1) is 0 Å². The van der Waals surface area contributed by atoms with Gasteiger partial charge in [0.15, 0.2) is 0 Å². The van der Waals surface area contributed by atoms with Gasteiger partial charge in [-0.25, -0.2) is 13.1 Å². The predicted octanol–water partition coefficient (Wildman–Crippen LogP) is 0.922. The molecule has 26 heavy (non-hydrogen) atoms. The SMILES string of the molecule is CCN1CCN(C(=O)c2ccc(S(=O)(=O)NCC3CCCO3)cc2)CC1. The second-order valence-electron chi connectivity index (χ2n) is 6.74. The summed E-state index contributed by atoms with van der Waals surface area (Å²) in [5, 5.41) is 0. The van der Waals surface area contributed by atoms with E-state index in [0.29, 0.717) is 25.3 Å². The number of sulfonamides is 1. The van der Waals surface area contributed by atoms with Crippen LogP contribution in [-0.2, 0) is 14.8 Å². The first-order valence-electron chi connectivity index (χ1n) is 9.22. The van der Waals surface area contributed by atoms with Gasteiger partial charge < -0.3 is 14.5 Å². The van der Waals surface area contributed by atoms with Crippen molar-refractivity contribution >= 4 is 15.9 Å². The third kappa shape index (κ3) is 4.62. The molecule has 2 aliphatic rings. The Labute approximate surface area is 155 Å². The first-order chi connectivity index (χ1) is 12.5. The maximum absolute atomic E-state index is 12.6. The molecule has 0 aliphatic carbocycles. The molecule has 1 amide bonds. The standard InChI is InChI=1S/C18H27N3O4S/c1-2-20-9-11-21(12-10-20)18(22)15-5-7-17(8-6-15)26(23,24)19-14-16-4-3-13-25-16/h5-8,16,19H,2-4,9-14H2,1H3. The highest BCUT2D eigenvalue weighted by Gasteiger charge is 2.23. The molecule has 2 aliphatic heterocycles. The van der Waals surface area contributed by atoms with Gasteiger partial charge in [0.1, 0.15) is 0 Å². The Kier molecular flexibility index (Phi) is 6.29. The Bertz CT molecular complexity index is 706. The summed E-state index contributed by atoms with van der Waals surface area (Å²) in [5.74, 6) is -0.0444. The summed E-state index contributed by atoms with van der Waals surface area (Å²) in [6, 6.07) is 6.17. The van der Waals surface area contributed by atoms with Gasteiger partial charge in [0.25, 0.3) is 5.91 Å². The lowest BCUT2D eigenvalue weighted by molar-refractivity contribution is 0.0643. The molecule has 144 valence electrons. The molecule has 0 bridgehead atoms. The highest BCUT2D eigenvalue weighted by atomic mass is 32.2. The highest BCUT2D eigenvalue weighted by Crippen LogP contribution is 2.15. The number of nitrogens with one attached hydrogen (secondary N) is 1. The van der Waals surface area contributed by atoms with Crippen LogP contribution in [0.2, 0.25) is 0 Å². The summed E-state index contributed by atoms with van der Waals surface area (Å²) in [6.45, 7) is 7.24. The minimum absolute atomic E-state index is 0.0444. The van der Waals surface area contributed by atoms with Crippen molar-refractivity contribution in [3.8, 4) is 0 Å². The van der Waals surface area contributed by atoms with Crippen molar-refractivity contribution in [1.82, 2.24) is 14.5 Å². The van der Waals surface area contributed by atoms with E-state index in [0.717, 1.165) is 32.5 Å². The van der Waals surface area contributed by atoms with E-state index in [4.69, 9.17) is 4.74 Å². The Morgan fingerprint density at radius 1 is 1.19 bits per heavy atom. The number of ether oxygens (including phenoxy) is 1. The Morgan fingerprint density at radius 3 is 2.46 bits per heavy atom. The molecule has 3 rings (SSSR count). The van der Waals surface area contributed by atoms with Crippen LogP contribution < -0.4 is 4.72 Å². The fraction of sp³-hybridized carbons (Fsp3) is 0.611. The van der Waals surface area contributed by atoms with Gasteiger partial charge in [0.2, 0.25) is 10.0 Å². The molecule has 0 aromatic heterocycles. The van der Waals surface area contributed by atoms with E-state index in [1.54, 1.807) is 12.1 Å². The lowest BCUT2D eigenvalue weighted by Crippen LogP contribution is -2.48. The van der Waals surface area contributed by atoms with E-state index in [9.17, 15) is 13.2 Å². The third-order valence-electron chi connectivity index (χ3n) is 5.04. The maximum atomic E-state index is 12.6. The first kappa shape index (κ1) is 19.3. The molecule has 0 radical (unpaired) electrons. The quantitative estimate of drug-likeness (QED) is 0.793. The van der Waals surface area contributed by atoms with Crippen molar-refractivity contribution in [3.05, 3.63) is 29.8 Å². The molecule has 2 fully saturated rings. The summed E-state index contributed by atoms with van der Waals surface area (Å²) in [4.78, 5) is 16.9. The fourth-order valence-corrected chi connectivity index (χ4v) is 4.38. The Morgan fingerprint density at radius 2 is 1.88 bits per heavy atom. The predicted molar refractivity (Wildman–Crippen MR) is 98.6 cm³/mol. The lowest BCUT2D eigenvalue weighted by atomic mass is 10.2. The summed E-state index contributed by atoms with van der Waals surface area (Å²) >= 11 is 0. The number of nitrogens with zero attached hydrogens (tertiary/aromatic N) is 2. The average molecular weight is 381 g/mol. The van der Waals surface area contributed by atoms with Crippen molar-refractivity contribution in [2.75, 3.05) is 45.9 Å². The van der Waals surface area contributed by atoms with Crippen LogP contribution in [0.3, 0.4) is 0 Å². The molecule has 1 aromatic rings. The number of hydrogen-bond donors (Lipinski definition) is 1. The van der Waals surface area contributed by atoms with E-state index in [1.807, 2.05) is 4.90 Å². The van der Waals surface area contributed by atoms with Crippen molar-refractivity contribution in [1.29, 1.82) is 0 Å². The van der Waals surface area contributed by atoms with Crippen LogP contribution in [0.15, 0.2) is 29.2 Å². The molecular weight excluding hydrogens is 354 g/mol. The summed E-state index contributed by atoms with van der Waals surface area (Å²) < 4.78 is 32.8. The second kappa shape index (κ2) is 8.47. The number of amides is 1. The topological polar surface area (TPSA) is 79.0 Å². The van der Waals surface area contributed by atoms with E-state index in [-0.39, 0.29) is 23.5 Å². The summed E-state index contributed by atoms with van der Waals surface area (Å²) in [6.07, 6.45) is 1.80. The lowest BCUT2D eigenvalue weighted by Gasteiger charge is -2.34. The van der Waals surface area contributed by atoms with E-state index >= 15 is 0 Å². The molecule has 2 saturated heterocycles. The molecule has 7 nitrogen and oxygen atoms in total. The fourth-order valence-electron chi connectivity index (χ4n) is 3.32. The molecular formula is C18H27N3O4S. The van der Waals surface area contributed by atoms with Gasteiger partial charge in [-0.15, -0.1) is 0 Å². The zero-order valence-electron chi connectivity index (χ0n) is 15.2. The molecule has 1 aromatic carbocycles. The van der Waals surface area contributed by atoms with Gasteiger partial charge in [0.05, 0.1) is 11.0 Å². The average Bonchev–Trinajstić information content (AvgIpc) is 3.20. The first-order valence-corrected chi connectivity index (χ1v) is 10.7. The van der Waals surface area contributed by atoms with Crippen LogP contribution in [0.1, 0.15) is 30.1 Å². The minimum Gasteiger partial charge on any atom is -0.377 e. The van der Waals surface area contributed by atoms with Crippen molar-refractivity contribution in [3.63, 3.8) is 0 Å². The third-order valence-corrected chi connectivity index (χ3v) is 6.48. The number of hydrogen-bond acceptors (Lipinski definition) is 5. The van der Waals surface area contributed by atoms with Gasteiger partial charge in [0, 0.05) is 44.9 Å². The van der Waals surface area contributed by atoms with Gasteiger partial charge in [-0.3, -0.25) is 4.79 Å². The molecule has 1 N–H and O–H groups in total. The molecule has 2 heterocycles. The van der Waals surface area contributed by atoms with E-state index in [1.165, 1.54) is 12.1 Å². The Hall–Kier alpha value is -1.48. The molecule has 1 atom stereocenters. The van der Waals surface area contributed by atoms with Crippen LogP contribution in [0.4, 0.5) is 0 Å². The summed E-state index contributed by atoms with van der Waals surface area (Å²) in [5.41, 5.74) is 0.521. The summed E-state index contributed by atoms with van der Waals surface area (Å²) in [7, 11) is -3.59. The number of piperazine rings is 1. The second-order valence-corrected chi connectivity index (χ2v) is 8.50. The van der Waals surface area contributed by atoms with Crippen molar-refractivity contribution < 1.29 is 17.9 Å².